The zero-order chi connectivity index (χ0) is 8.69. The predicted octanol–water partition coefficient (Wildman–Crippen LogP) is 2.00. The minimum Gasteiger partial charge on any atom is -0.402 e. The fourth-order valence-corrected chi connectivity index (χ4v) is 0.653. The Morgan fingerprint density at radius 3 is 2.73 bits per heavy atom. The largest absolute Gasteiger partial charge is 0.402 e. The van der Waals surface area contributed by atoms with Crippen molar-refractivity contribution in [2.75, 3.05) is 0 Å². The summed E-state index contributed by atoms with van der Waals surface area (Å²) in [6.07, 6.45) is 7.48. The second-order valence-corrected chi connectivity index (χ2v) is 2.17. The van der Waals surface area contributed by atoms with Crippen LogP contribution in [-0.4, -0.2) is 5.71 Å². The lowest BCUT2D eigenvalue weighted by atomic mass is 10.2. The molecule has 0 atom stereocenters. The first kappa shape index (κ1) is 9.69. The van der Waals surface area contributed by atoms with Gasteiger partial charge in [-0.25, -0.2) is 0 Å². The SMILES string of the molecule is C=CCC(N)=CC(=N)/C=C\C. The first-order valence-corrected chi connectivity index (χ1v) is 3.49. The van der Waals surface area contributed by atoms with Crippen LogP contribution in [0.2, 0.25) is 0 Å². The molecule has 0 aromatic heterocycles. The van der Waals surface area contributed by atoms with E-state index in [0.717, 1.165) is 0 Å². The maximum absolute atomic E-state index is 7.32. The van der Waals surface area contributed by atoms with Gasteiger partial charge in [-0.15, -0.1) is 6.58 Å². The molecule has 0 rings (SSSR count). The fourth-order valence-electron chi connectivity index (χ4n) is 0.653. The van der Waals surface area contributed by atoms with E-state index in [4.69, 9.17) is 11.1 Å². The minimum atomic E-state index is 0.423. The molecule has 2 heteroatoms. The molecular formula is C9H14N2. The average molecular weight is 150 g/mol. The van der Waals surface area contributed by atoms with Gasteiger partial charge in [0.2, 0.25) is 0 Å². The fraction of sp³-hybridized carbons (Fsp3) is 0.222. The lowest BCUT2D eigenvalue weighted by Crippen LogP contribution is -1.98. The Hall–Kier alpha value is -1.31. The van der Waals surface area contributed by atoms with Crippen LogP contribution in [0.3, 0.4) is 0 Å². The van der Waals surface area contributed by atoms with Gasteiger partial charge in [0, 0.05) is 12.1 Å². The topological polar surface area (TPSA) is 49.9 Å². The van der Waals surface area contributed by atoms with Gasteiger partial charge in [0.1, 0.15) is 0 Å². The molecule has 0 saturated carbocycles. The highest BCUT2D eigenvalue weighted by atomic mass is 14.6. The van der Waals surface area contributed by atoms with Gasteiger partial charge in [0.15, 0.2) is 0 Å². The highest BCUT2D eigenvalue weighted by Gasteiger charge is 1.87. The molecule has 0 radical (unpaired) electrons. The van der Waals surface area contributed by atoms with E-state index in [-0.39, 0.29) is 0 Å². The molecule has 60 valence electrons. The maximum Gasteiger partial charge on any atom is 0.0553 e. The van der Waals surface area contributed by atoms with E-state index in [1.807, 2.05) is 6.92 Å². The molecule has 0 aromatic rings. The van der Waals surface area contributed by atoms with Crippen molar-refractivity contribution in [2.24, 2.45) is 5.73 Å². The summed E-state index contributed by atoms with van der Waals surface area (Å²) in [4.78, 5) is 0. The first-order chi connectivity index (χ1) is 5.20. The zero-order valence-electron chi connectivity index (χ0n) is 6.80. The van der Waals surface area contributed by atoms with Crippen molar-refractivity contribution < 1.29 is 0 Å². The summed E-state index contributed by atoms with van der Waals surface area (Å²) in [5.41, 5.74) is 6.62. The van der Waals surface area contributed by atoms with E-state index in [9.17, 15) is 0 Å². The quantitative estimate of drug-likeness (QED) is 0.467. The summed E-state index contributed by atoms with van der Waals surface area (Å²) >= 11 is 0. The van der Waals surface area contributed by atoms with Crippen LogP contribution in [0.4, 0.5) is 0 Å². The van der Waals surface area contributed by atoms with E-state index in [1.54, 1.807) is 24.3 Å². The molecular weight excluding hydrogens is 136 g/mol. The third-order valence-electron chi connectivity index (χ3n) is 1.07. The maximum atomic E-state index is 7.32. The lowest BCUT2D eigenvalue weighted by molar-refractivity contribution is 1.17. The Morgan fingerprint density at radius 2 is 2.27 bits per heavy atom. The smallest absolute Gasteiger partial charge is 0.0553 e. The van der Waals surface area contributed by atoms with E-state index >= 15 is 0 Å². The van der Waals surface area contributed by atoms with Crippen molar-refractivity contribution in [1.82, 2.24) is 0 Å². The Balaban J connectivity index is 4.06. The summed E-state index contributed by atoms with van der Waals surface area (Å²) in [5, 5.41) is 7.32. The number of rotatable bonds is 4. The Labute approximate surface area is 67.6 Å². The van der Waals surface area contributed by atoms with E-state index in [0.29, 0.717) is 17.8 Å². The number of allylic oxidation sites excluding steroid dienone is 4. The molecule has 0 unspecified atom stereocenters. The van der Waals surface area contributed by atoms with Crippen molar-refractivity contribution in [3.05, 3.63) is 36.6 Å². The van der Waals surface area contributed by atoms with Crippen LogP contribution in [0, 0.1) is 5.41 Å². The molecule has 0 heterocycles. The van der Waals surface area contributed by atoms with Gasteiger partial charge < -0.3 is 11.1 Å². The van der Waals surface area contributed by atoms with Crippen molar-refractivity contribution in [2.45, 2.75) is 13.3 Å². The monoisotopic (exact) mass is 150 g/mol. The van der Waals surface area contributed by atoms with Gasteiger partial charge in [-0.05, 0) is 19.1 Å². The highest BCUT2D eigenvalue weighted by molar-refractivity contribution is 6.01. The lowest BCUT2D eigenvalue weighted by Gasteiger charge is -1.93. The minimum absolute atomic E-state index is 0.423. The Bertz CT molecular complexity index is 200. The van der Waals surface area contributed by atoms with Crippen LogP contribution in [0.1, 0.15) is 13.3 Å². The van der Waals surface area contributed by atoms with Crippen molar-refractivity contribution in [3.63, 3.8) is 0 Å². The van der Waals surface area contributed by atoms with Crippen LogP contribution >= 0.6 is 0 Å². The van der Waals surface area contributed by atoms with Gasteiger partial charge in [-0.2, -0.15) is 0 Å². The third-order valence-corrected chi connectivity index (χ3v) is 1.07. The molecule has 0 amide bonds. The van der Waals surface area contributed by atoms with E-state index in [1.165, 1.54) is 0 Å². The zero-order valence-corrected chi connectivity index (χ0v) is 6.80. The molecule has 0 aromatic carbocycles. The van der Waals surface area contributed by atoms with Crippen LogP contribution in [0.15, 0.2) is 36.6 Å². The standard InChI is InChI=1S/C9H14N2/c1-3-5-8(10)7-9(11)6-4-2/h3-4,6-7,11H,1,5,10H2,2H3/b6-4-,8-7?,11-9?. The summed E-state index contributed by atoms with van der Waals surface area (Å²) in [7, 11) is 0. The molecule has 0 fully saturated rings. The summed E-state index contributed by atoms with van der Waals surface area (Å²) in [5.74, 6) is 0. The third kappa shape index (κ3) is 5.15. The second-order valence-electron chi connectivity index (χ2n) is 2.17. The number of hydrogen-bond acceptors (Lipinski definition) is 2. The molecule has 0 aliphatic carbocycles. The molecule has 2 nitrogen and oxygen atoms in total. The van der Waals surface area contributed by atoms with Crippen LogP contribution in [0.25, 0.3) is 0 Å². The average Bonchev–Trinajstić information content (AvgIpc) is 1.87. The van der Waals surface area contributed by atoms with E-state index < -0.39 is 0 Å². The van der Waals surface area contributed by atoms with Crippen LogP contribution < -0.4 is 5.73 Å². The summed E-state index contributed by atoms with van der Waals surface area (Å²) in [6, 6.07) is 0. The van der Waals surface area contributed by atoms with Crippen LogP contribution in [0.5, 0.6) is 0 Å². The van der Waals surface area contributed by atoms with Crippen molar-refractivity contribution >= 4 is 5.71 Å². The molecule has 11 heavy (non-hydrogen) atoms. The van der Waals surface area contributed by atoms with Gasteiger partial charge in [-0.1, -0.05) is 12.2 Å². The predicted molar refractivity (Wildman–Crippen MR) is 49.6 cm³/mol. The summed E-state index contributed by atoms with van der Waals surface area (Å²) < 4.78 is 0. The molecule has 0 spiro atoms. The molecule has 3 N–H and O–H groups in total. The molecule has 0 aliphatic heterocycles. The van der Waals surface area contributed by atoms with Crippen LogP contribution in [-0.2, 0) is 0 Å². The van der Waals surface area contributed by atoms with Gasteiger partial charge in [-0.3, -0.25) is 0 Å². The first-order valence-electron chi connectivity index (χ1n) is 3.49. The van der Waals surface area contributed by atoms with Gasteiger partial charge >= 0.3 is 0 Å². The summed E-state index contributed by atoms with van der Waals surface area (Å²) in [6.45, 7) is 5.41. The molecule has 0 bridgehead atoms. The number of nitrogens with one attached hydrogen (secondary N) is 1. The Kier molecular flexibility index (Phi) is 4.82. The van der Waals surface area contributed by atoms with Crippen molar-refractivity contribution in [3.8, 4) is 0 Å². The van der Waals surface area contributed by atoms with E-state index in [2.05, 4.69) is 6.58 Å². The molecule has 0 saturated heterocycles. The molecule has 0 aliphatic rings. The number of hydrogen-bond donors (Lipinski definition) is 2. The van der Waals surface area contributed by atoms with Gasteiger partial charge in [0.05, 0.1) is 5.71 Å². The second kappa shape index (κ2) is 5.47. The normalized spacial score (nSPS) is 11.9. The van der Waals surface area contributed by atoms with Gasteiger partial charge in [0.25, 0.3) is 0 Å². The Morgan fingerprint density at radius 1 is 1.64 bits per heavy atom. The highest BCUT2D eigenvalue weighted by Crippen LogP contribution is 1.93. The number of nitrogens with two attached hydrogens (primary N) is 1. The van der Waals surface area contributed by atoms with Crippen molar-refractivity contribution in [1.29, 1.82) is 5.41 Å².